The fraction of sp³-hybridized carbons (Fsp3) is 1.00. The Kier molecular flexibility index (Phi) is 3.95. The molecule has 2 saturated carbocycles. The van der Waals surface area contributed by atoms with Gasteiger partial charge in [0.2, 0.25) is 0 Å². The molecule has 0 N–H and O–H groups in total. The van der Waals surface area contributed by atoms with Crippen molar-refractivity contribution in [2.75, 3.05) is 0 Å². The van der Waals surface area contributed by atoms with Crippen LogP contribution in [-0.4, -0.2) is 0 Å². The van der Waals surface area contributed by atoms with E-state index in [1.165, 1.54) is 25.7 Å². The van der Waals surface area contributed by atoms with Gasteiger partial charge in [-0.15, -0.1) is 0 Å². The molecule has 11 heavy (non-hydrogen) atoms. The van der Waals surface area contributed by atoms with Crippen molar-refractivity contribution in [3.63, 3.8) is 0 Å². The SMILES string of the molecule is C1CCC(C2CCCC2)C1.[Fe]. The van der Waals surface area contributed by atoms with Crippen molar-refractivity contribution in [2.45, 2.75) is 51.4 Å². The average Bonchev–Trinajstić information content (AvgIpc) is 2.59. The Morgan fingerprint density at radius 1 is 0.545 bits per heavy atom. The molecular formula is C10H18Fe. The molecular weight excluding hydrogens is 176 g/mol. The van der Waals surface area contributed by atoms with Gasteiger partial charge in [0.15, 0.2) is 0 Å². The Morgan fingerprint density at radius 3 is 1.09 bits per heavy atom. The van der Waals surface area contributed by atoms with E-state index in [9.17, 15) is 0 Å². The predicted octanol–water partition coefficient (Wildman–Crippen LogP) is 3.36. The van der Waals surface area contributed by atoms with Gasteiger partial charge in [-0.2, -0.15) is 0 Å². The Hall–Kier alpha value is 0.519. The third-order valence-corrected chi connectivity index (χ3v) is 3.47. The van der Waals surface area contributed by atoms with Crippen molar-refractivity contribution in [3.8, 4) is 0 Å². The van der Waals surface area contributed by atoms with E-state index in [1.54, 1.807) is 25.7 Å². The molecule has 0 aliphatic heterocycles. The van der Waals surface area contributed by atoms with Crippen LogP contribution in [-0.2, 0) is 17.1 Å². The molecule has 0 nitrogen and oxygen atoms in total. The standard InChI is InChI=1S/C10H18.Fe/c1-2-6-9(5-1)10-7-3-4-8-10;/h9-10H,1-8H2;. The quantitative estimate of drug-likeness (QED) is 0.561. The third kappa shape index (κ3) is 2.23. The first-order valence-corrected chi connectivity index (χ1v) is 4.97. The van der Waals surface area contributed by atoms with Crippen LogP contribution in [0.4, 0.5) is 0 Å². The van der Waals surface area contributed by atoms with E-state index in [2.05, 4.69) is 0 Å². The smallest absolute Gasteiger partial charge is 0 e. The molecule has 0 radical (unpaired) electrons. The molecule has 2 rings (SSSR count). The van der Waals surface area contributed by atoms with E-state index in [1.807, 2.05) is 0 Å². The summed E-state index contributed by atoms with van der Waals surface area (Å²) in [6.07, 6.45) is 12.4. The van der Waals surface area contributed by atoms with Crippen molar-refractivity contribution in [2.24, 2.45) is 11.8 Å². The van der Waals surface area contributed by atoms with E-state index in [0.29, 0.717) is 0 Å². The summed E-state index contributed by atoms with van der Waals surface area (Å²) in [6.45, 7) is 0. The van der Waals surface area contributed by atoms with Crippen LogP contribution in [0.25, 0.3) is 0 Å². The van der Waals surface area contributed by atoms with E-state index in [-0.39, 0.29) is 17.1 Å². The second-order valence-electron chi connectivity index (χ2n) is 4.09. The Morgan fingerprint density at radius 2 is 0.818 bits per heavy atom. The maximum absolute atomic E-state index is 1.56. The summed E-state index contributed by atoms with van der Waals surface area (Å²) in [4.78, 5) is 0. The molecule has 0 heterocycles. The molecule has 1 heteroatoms. The minimum Gasteiger partial charge on any atom is -0.0530 e. The average molecular weight is 194 g/mol. The molecule has 2 aliphatic carbocycles. The molecule has 0 aromatic heterocycles. The van der Waals surface area contributed by atoms with Gasteiger partial charge in [-0.25, -0.2) is 0 Å². The first-order valence-electron chi connectivity index (χ1n) is 4.97. The van der Waals surface area contributed by atoms with E-state index >= 15 is 0 Å². The van der Waals surface area contributed by atoms with Crippen molar-refractivity contribution < 1.29 is 17.1 Å². The van der Waals surface area contributed by atoms with Crippen LogP contribution in [0.5, 0.6) is 0 Å². The van der Waals surface area contributed by atoms with Gasteiger partial charge in [-0.1, -0.05) is 51.4 Å². The summed E-state index contributed by atoms with van der Waals surface area (Å²) < 4.78 is 0. The van der Waals surface area contributed by atoms with Gasteiger partial charge in [0, 0.05) is 17.1 Å². The van der Waals surface area contributed by atoms with Crippen LogP contribution < -0.4 is 0 Å². The zero-order valence-electron chi connectivity index (χ0n) is 7.17. The second-order valence-corrected chi connectivity index (χ2v) is 4.09. The Labute approximate surface area is 80.6 Å². The zero-order valence-corrected chi connectivity index (χ0v) is 8.27. The van der Waals surface area contributed by atoms with Gasteiger partial charge in [0.25, 0.3) is 0 Å². The van der Waals surface area contributed by atoms with Crippen LogP contribution >= 0.6 is 0 Å². The van der Waals surface area contributed by atoms with Gasteiger partial charge in [0.05, 0.1) is 0 Å². The molecule has 0 spiro atoms. The second kappa shape index (κ2) is 4.52. The first kappa shape index (κ1) is 9.61. The van der Waals surface area contributed by atoms with Crippen LogP contribution in [0, 0.1) is 11.8 Å². The van der Waals surface area contributed by atoms with Crippen molar-refractivity contribution in [3.05, 3.63) is 0 Å². The van der Waals surface area contributed by atoms with Crippen LogP contribution in [0.15, 0.2) is 0 Å². The third-order valence-electron chi connectivity index (χ3n) is 3.47. The normalized spacial score (nSPS) is 27.3. The van der Waals surface area contributed by atoms with Gasteiger partial charge in [0.1, 0.15) is 0 Å². The number of rotatable bonds is 1. The molecule has 2 fully saturated rings. The Balaban J connectivity index is 0.000000605. The largest absolute Gasteiger partial charge is 0.0530 e. The first-order chi connectivity index (χ1) is 4.97. The van der Waals surface area contributed by atoms with Gasteiger partial charge in [-0.05, 0) is 11.8 Å². The maximum atomic E-state index is 1.56. The van der Waals surface area contributed by atoms with Crippen molar-refractivity contribution >= 4 is 0 Å². The summed E-state index contributed by atoms with van der Waals surface area (Å²) in [5.41, 5.74) is 0. The van der Waals surface area contributed by atoms with Gasteiger partial charge in [-0.3, -0.25) is 0 Å². The van der Waals surface area contributed by atoms with Crippen LogP contribution in [0.1, 0.15) is 51.4 Å². The predicted molar refractivity (Wildman–Crippen MR) is 43.9 cm³/mol. The van der Waals surface area contributed by atoms with Crippen molar-refractivity contribution in [1.82, 2.24) is 0 Å². The number of hydrogen-bond donors (Lipinski definition) is 0. The summed E-state index contributed by atoms with van der Waals surface area (Å²) in [5.74, 6) is 2.31. The van der Waals surface area contributed by atoms with Gasteiger partial charge >= 0.3 is 0 Å². The summed E-state index contributed by atoms with van der Waals surface area (Å²) >= 11 is 0. The molecule has 0 bridgehead atoms. The topological polar surface area (TPSA) is 0 Å². The summed E-state index contributed by atoms with van der Waals surface area (Å²) in [6, 6.07) is 0. The molecule has 0 atom stereocenters. The van der Waals surface area contributed by atoms with Crippen LogP contribution in [0.3, 0.4) is 0 Å². The monoisotopic (exact) mass is 194 g/mol. The molecule has 2 aliphatic rings. The van der Waals surface area contributed by atoms with Gasteiger partial charge < -0.3 is 0 Å². The molecule has 0 saturated heterocycles. The molecule has 0 aromatic rings. The number of hydrogen-bond acceptors (Lipinski definition) is 0. The summed E-state index contributed by atoms with van der Waals surface area (Å²) in [5, 5.41) is 0. The zero-order chi connectivity index (χ0) is 6.81. The molecule has 0 amide bonds. The maximum Gasteiger partial charge on any atom is 0 e. The van der Waals surface area contributed by atoms with E-state index < -0.39 is 0 Å². The van der Waals surface area contributed by atoms with E-state index in [0.717, 1.165) is 11.8 Å². The van der Waals surface area contributed by atoms with E-state index in [4.69, 9.17) is 0 Å². The summed E-state index contributed by atoms with van der Waals surface area (Å²) in [7, 11) is 0. The minimum atomic E-state index is 0. The van der Waals surface area contributed by atoms with Crippen molar-refractivity contribution in [1.29, 1.82) is 0 Å². The fourth-order valence-corrected chi connectivity index (χ4v) is 2.86. The Bertz CT molecular complexity index is 85.4. The molecule has 66 valence electrons. The molecule has 0 unspecified atom stereocenters. The minimum absolute atomic E-state index is 0. The van der Waals surface area contributed by atoms with Crippen LogP contribution in [0.2, 0.25) is 0 Å². The fourth-order valence-electron chi connectivity index (χ4n) is 2.86. The molecule has 0 aromatic carbocycles.